The minimum atomic E-state index is -0.0975. The van der Waals surface area contributed by atoms with E-state index in [9.17, 15) is 4.79 Å². The highest BCUT2D eigenvalue weighted by Crippen LogP contribution is 2.46. The van der Waals surface area contributed by atoms with Gasteiger partial charge in [-0.1, -0.05) is 35.5 Å². The molecule has 6 nitrogen and oxygen atoms in total. The summed E-state index contributed by atoms with van der Waals surface area (Å²) in [5.41, 5.74) is 3.59. The first-order chi connectivity index (χ1) is 14.1. The number of ether oxygens (including phenoxy) is 2. The smallest absolute Gasteiger partial charge is 0.265 e. The zero-order valence-corrected chi connectivity index (χ0v) is 19.4. The van der Waals surface area contributed by atoms with Crippen LogP contribution in [0.3, 0.4) is 0 Å². The minimum absolute atomic E-state index is 0. The van der Waals surface area contributed by atoms with Crippen LogP contribution in [-0.4, -0.2) is 42.8 Å². The molecule has 0 saturated heterocycles. The third-order valence-electron chi connectivity index (χ3n) is 5.11. The van der Waals surface area contributed by atoms with Crippen molar-refractivity contribution in [1.82, 2.24) is 4.90 Å². The molecule has 156 valence electrons. The first-order valence-electron chi connectivity index (χ1n) is 9.23. The van der Waals surface area contributed by atoms with E-state index in [1.807, 2.05) is 30.3 Å². The normalized spacial score (nSPS) is 16.9. The molecule has 3 heterocycles. The number of carbonyl (C=O) groups is 1. The van der Waals surface area contributed by atoms with Crippen LogP contribution in [0, 0.1) is 0 Å². The second-order valence-corrected chi connectivity index (χ2v) is 8.13. The SMILES string of the molecule is Br.COc1ccc(CN2C(=O)COc3c(C4=CSC5=NCCN45)cc(Cl)cc32)cc1. The van der Waals surface area contributed by atoms with Crippen molar-refractivity contribution < 1.29 is 14.3 Å². The first-order valence-corrected chi connectivity index (χ1v) is 10.5. The highest BCUT2D eigenvalue weighted by atomic mass is 79.9. The van der Waals surface area contributed by atoms with Gasteiger partial charge >= 0.3 is 0 Å². The van der Waals surface area contributed by atoms with E-state index >= 15 is 0 Å². The van der Waals surface area contributed by atoms with Crippen LogP contribution in [0.4, 0.5) is 5.69 Å². The average Bonchev–Trinajstić information content (AvgIpc) is 3.34. The maximum absolute atomic E-state index is 12.7. The Morgan fingerprint density at radius 2 is 2.07 bits per heavy atom. The summed E-state index contributed by atoms with van der Waals surface area (Å²) in [5.74, 6) is 1.36. The Morgan fingerprint density at radius 1 is 1.27 bits per heavy atom. The maximum Gasteiger partial charge on any atom is 0.265 e. The van der Waals surface area contributed by atoms with Gasteiger partial charge in [0.2, 0.25) is 0 Å². The lowest BCUT2D eigenvalue weighted by molar-refractivity contribution is -0.121. The molecule has 0 aromatic heterocycles. The number of fused-ring (bicyclic) bond motifs is 2. The highest BCUT2D eigenvalue weighted by molar-refractivity contribution is 8.93. The van der Waals surface area contributed by atoms with Gasteiger partial charge in [0.05, 0.1) is 31.6 Å². The van der Waals surface area contributed by atoms with E-state index in [1.54, 1.807) is 29.8 Å². The second kappa shape index (κ2) is 8.53. The molecule has 3 aliphatic rings. The number of amidine groups is 1. The lowest BCUT2D eigenvalue weighted by Crippen LogP contribution is -2.38. The Labute approximate surface area is 194 Å². The largest absolute Gasteiger partial charge is 0.497 e. The molecular formula is C21H19BrClN3O3S. The van der Waals surface area contributed by atoms with Gasteiger partial charge in [-0.15, -0.1) is 17.0 Å². The van der Waals surface area contributed by atoms with Crippen molar-refractivity contribution in [1.29, 1.82) is 0 Å². The molecule has 3 aliphatic heterocycles. The van der Waals surface area contributed by atoms with Crippen LogP contribution in [0.1, 0.15) is 11.1 Å². The Kier molecular flexibility index (Phi) is 5.99. The molecule has 0 spiro atoms. The van der Waals surface area contributed by atoms with Crippen LogP contribution < -0.4 is 14.4 Å². The molecular weight excluding hydrogens is 490 g/mol. The number of halogens is 2. The second-order valence-electron chi connectivity index (χ2n) is 6.86. The number of nitrogens with zero attached hydrogens (tertiary/aromatic N) is 3. The van der Waals surface area contributed by atoms with E-state index in [1.165, 1.54) is 0 Å². The van der Waals surface area contributed by atoms with E-state index in [0.717, 1.165) is 40.8 Å². The molecule has 0 fully saturated rings. The summed E-state index contributed by atoms with van der Waals surface area (Å²) >= 11 is 8.07. The molecule has 0 aliphatic carbocycles. The summed E-state index contributed by atoms with van der Waals surface area (Å²) in [4.78, 5) is 21.1. The monoisotopic (exact) mass is 507 g/mol. The predicted molar refractivity (Wildman–Crippen MR) is 126 cm³/mol. The van der Waals surface area contributed by atoms with Gasteiger partial charge in [0.15, 0.2) is 17.5 Å². The third-order valence-corrected chi connectivity index (χ3v) is 6.23. The van der Waals surface area contributed by atoms with Gasteiger partial charge in [-0.05, 0) is 29.8 Å². The van der Waals surface area contributed by atoms with Crippen LogP contribution >= 0.6 is 40.3 Å². The fraction of sp³-hybridized carbons (Fsp3) is 0.238. The Balaban J connectivity index is 0.00000218. The highest BCUT2D eigenvalue weighted by Gasteiger charge is 2.34. The van der Waals surface area contributed by atoms with Gasteiger partial charge in [-0.3, -0.25) is 9.79 Å². The van der Waals surface area contributed by atoms with Crippen LogP contribution in [0.25, 0.3) is 5.70 Å². The topological polar surface area (TPSA) is 54.4 Å². The Morgan fingerprint density at radius 3 is 2.83 bits per heavy atom. The number of rotatable bonds is 4. The molecule has 30 heavy (non-hydrogen) atoms. The third kappa shape index (κ3) is 3.68. The van der Waals surface area contributed by atoms with Crippen molar-refractivity contribution in [3.05, 3.63) is 58.0 Å². The first kappa shape index (κ1) is 21.1. The fourth-order valence-corrected chi connectivity index (χ4v) is 4.85. The van der Waals surface area contributed by atoms with E-state index in [4.69, 9.17) is 21.1 Å². The molecule has 9 heteroatoms. The van der Waals surface area contributed by atoms with Gasteiger partial charge in [-0.25, -0.2) is 0 Å². The Bertz CT molecular complexity index is 1060. The summed E-state index contributed by atoms with van der Waals surface area (Å²) < 4.78 is 11.1. The molecule has 1 amide bonds. The summed E-state index contributed by atoms with van der Waals surface area (Å²) in [6, 6.07) is 11.4. The lowest BCUT2D eigenvalue weighted by Gasteiger charge is -2.32. The lowest BCUT2D eigenvalue weighted by atomic mass is 10.1. The molecule has 0 radical (unpaired) electrons. The summed E-state index contributed by atoms with van der Waals surface area (Å²) in [6.45, 7) is 2.05. The van der Waals surface area contributed by atoms with Gasteiger partial charge in [0.25, 0.3) is 5.91 Å². The molecule has 0 unspecified atom stereocenters. The summed E-state index contributed by atoms with van der Waals surface area (Å²) in [7, 11) is 1.63. The van der Waals surface area contributed by atoms with Gasteiger partial charge < -0.3 is 19.3 Å². The molecule has 2 aromatic carbocycles. The number of methoxy groups -OCH3 is 1. The molecule has 0 bridgehead atoms. The quantitative estimate of drug-likeness (QED) is 0.606. The standard InChI is InChI=1S/C21H18ClN3O3S.BrH/c1-27-15-4-2-13(3-5-15)10-25-17-9-14(22)8-16(20(17)28-11-19(25)26)18-12-29-21-23-6-7-24(18)21;/h2-5,8-9,12H,6-7,10-11H2,1H3;1H. The fourth-order valence-electron chi connectivity index (χ4n) is 3.69. The van der Waals surface area contributed by atoms with Crippen LogP contribution in [0.15, 0.2) is 46.8 Å². The Hall–Kier alpha value is -2.16. The van der Waals surface area contributed by atoms with Crippen molar-refractivity contribution in [3.8, 4) is 11.5 Å². The van der Waals surface area contributed by atoms with Crippen molar-refractivity contribution in [3.63, 3.8) is 0 Å². The number of benzene rings is 2. The van der Waals surface area contributed by atoms with Crippen molar-refractivity contribution in [2.24, 2.45) is 4.99 Å². The zero-order valence-electron chi connectivity index (χ0n) is 16.1. The average molecular weight is 509 g/mol. The van der Waals surface area contributed by atoms with Crippen LogP contribution in [-0.2, 0) is 11.3 Å². The number of amides is 1. The molecule has 5 rings (SSSR count). The van der Waals surface area contributed by atoms with Crippen molar-refractivity contribution in [2.75, 3.05) is 31.7 Å². The molecule has 2 aromatic rings. The predicted octanol–water partition coefficient (Wildman–Crippen LogP) is 4.57. The molecule has 0 atom stereocenters. The zero-order chi connectivity index (χ0) is 20.0. The summed E-state index contributed by atoms with van der Waals surface area (Å²) in [5, 5.41) is 3.63. The van der Waals surface area contributed by atoms with Crippen molar-refractivity contribution in [2.45, 2.75) is 6.54 Å². The maximum atomic E-state index is 12.7. The number of aliphatic imine (C=N–C) groups is 1. The summed E-state index contributed by atoms with van der Waals surface area (Å²) in [6.07, 6.45) is 0. The number of carbonyl (C=O) groups excluding carboxylic acids is 1. The number of hydrogen-bond donors (Lipinski definition) is 0. The van der Waals surface area contributed by atoms with Crippen molar-refractivity contribution >= 4 is 62.8 Å². The van der Waals surface area contributed by atoms with Gasteiger partial charge in [0.1, 0.15) is 5.75 Å². The van der Waals surface area contributed by atoms with Gasteiger partial charge in [-0.2, -0.15) is 0 Å². The van der Waals surface area contributed by atoms with Crippen LogP contribution in [0.2, 0.25) is 5.02 Å². The van der Waals surface area contributed by atoms with E-state index in [-0.39, 0.29) is 29.5 Å². The molecule has 0 N–H and O–H groups in total. The number of hydrogen-bond acceptors (Lipinski definition) is 6. The van der Waals surface area contributed by atoms with E-state index in [0.29, 0.717) is 23.0 Å². The molecule has 0 saturated carbocycles. The van der Waals surface area contributed by atoms with E-state index in [2.05, 4.69) is 15.3 Å². The number of thioether (sulfide) groups is 1. The van der Waals surface area contributed by atoms with E-state index < -0.39 is 0 Å². The van der Waals surface area contributed by atoms with Crippen LogP contribution in [0.5, 0.6) is 11.5 Å². The number of anilines is 1. The minimum Gasteiger partial charge on any atom is -0.497 e. The van der Waals surface area contributed by atoms with Gasteiger partial charge in [0, 0.05) is 22.5 Å².